The number of imidazole rings is 1. The second-order valence-electron chi connectivity index (χ2n) is 4.05. The van der Waals surface area contributed by atoms with Crippen molar-refractivity contribution in [3.05, 3.63) is 40.1 Å². The van der Waals surface area contributed by atoms with Gasteiger partial charge in [-0.15, -0.1) is 0 Å². The summed E-state index contributed by atoms with van der Waals surface area (Å²) in [6.07, 6.45) is 0. The van der Waals surface area contributed by atoms with Gasteiger partial charge in [0, 0.05) is 18.1 Å². The molecule has 0 unspecified atom stereocenters. The molecule has 0 amide bonds. The molecule has 4 nitrogen and oxygen atoms in total. The molecule has 90 valence electrons. The van der Waals surface area contributed by atoms with Crippen LogP contribution >= 0.6 is 15.9 Å². The van der Waals surface area contributed by atoms with Gasteiger partial charge in [-0.1, -0.05) is 28.1 Å². The number of anilines is 2. The van der Waals surface area contributed by atoms with E-state index in [1.54, 1.807) is 0 Å². The van der Waals surface area contributed by atoms with Crippen LogP contribution in [0.5, 0.6) is 0 Å². The average molecular weight is 295 g/mol. The van der Waals surface area contributed by atoms with Crippen molar-refractivity contribution in [2.24, 2.45) is 0 Å². The van der Waals surface area contributed by atoms with Crippen LogP contribution in [-0.4, -0.2) is 17.0 Å². The summed E-state index contributed by atoms with van der Waals surface area (Å²) in [6, 6.07) is 8.20. The fourth-order valence-electron chi connectivity index (χ4n) is 1.77. The van der Waals surface area contributed by atoms with Crippen molar-refractivity contribution in [2.45, 2.75) is 13.5 Å². The molecule has 1 aromatic carbocycles. The summed E-state index contributed by atoms with van der Waals surface area (Å²) < 4.78 is 1.08. The number of rotatable bonds is 3. The Morgan fingerprint density at radius 1 is 1.47 bits per heavy atom. The fourth-order valence-corrected chi connectivity index (χ4v) is 2.22. The lowest BCUT2D eigenvalue weighted by molar-refractivity contribution is 0.902. The van der Waals surface area contributed by atoms with E-state index in [0.717, 1.165) is 22.7 Å². The lowest BCUT2D eigenvalue weighted by atomic mass is 10.2. The second-order valence-corrected chi connectivity index (χ2v) is 4.96. The molecule has 0 saturated heterocycles. The molecule has 2 rings (SSSR count). The van der Waals surface area contributed by atoms with Crippen molar-refractivity contribution in [1.29, 1.82) is 0 Å². The van der Waals surface area contributed by atoms with E-state index in [4.69, 9.17) is 5.73 Å². The number of nitrogens with zero attached hydrogens (tertiary/aromatic N) is 2. The number of hydrogen-bond acceptors (Lipinski definition) is 3. The minimum Gasteiger partial charge on any atom is -0.382 e. The van der Waals surface area contributed by atoms with Gasteiger partial charge in [0.05, 0.1) is 0 Å². The molecule has 0 bridgehead atoms. The van der Waals surface area contributed by atoms with Gasteiger partial charge in [0.15, 0.2) is 5.82 Å². The van der Waals surface area contributed by atoms with Crippen LogP contribution in [0.25, 0.3) is 0 Å². The summed E-state index contributed by atoms with van der Waals surface area (Å²) in [4.78, 5) is 9.39. The molecular weight excluding hydrogens is 280 g/mol. The highest BCUT2D eigenvalue weighted by Gasteiger charge is 2.10. The first-order valence-electron chi connectivity index (χ1n) is 5.34. The zero-order chi connectivity index (χ0) is 12.4. The summed E-state index contributed by atoms with van der Waals surface area (Å²) in [5, 5.41) is 0. The molecule has 0 aliphatic carbocycles. The van der Waals surface area contributed by atoms with E-state index < -0.39 is 0 Å². The van der Waals surface area contributed by atoms with Crippen LogP contribution in [0.4, 0.5) is 11.6 Å². The van der Waals surface area contributed by atoms with E-state index in [9.17, 15) is 0 Å². The van der Waals surface area contributed by atoms with Gasteiger partial charge < -0.3 is 15.6 Å². The number of nitrogen functional groups attached to an aromatic ring is 1. The van der Waals surface area contributed by atoms with Gasteiger partial charge in [0.25, 0.3) is 0 Å². The minimum atomic E-state index is 0.611. The van der Waals surface area contributed by atoms with Gasteiger partial charge in [0.1, 0.15) is 11.6 Å². The van der Waals surface area contributed by atoms with Gasteiger partial charge >= 0.3 is 0 Å². The number of nitrogens with two attached hydrogens (primary N) is 1. The first kappa shape index (κ1) is 12.0. The number of halogens is 1. The molecule has 0 atom stereocenters. The molecule has 1 heterocycles. The predicted octanol–water partition coefficient (Wildman–Crippen LogP) is 2.70. The van der Waals surface area contributed by atoms with E-state index in [0.29, 0.717) is 5.82 Å². The SMILES string of the molecule is Cc1nc(N(C)Cc2cccc(Br)c2)c(N)[nH]1. The minimum absolute atomic E-state index is 0.611. The number of hydrogen-bond donors (Lipinski definition) is 2. The Hall–Kier alpha value is -1.49. The number of nitrogens with one attached hydrogen (secondary N) is 1. The smallest absolute Gasteiger partial charge is 0.171 e. The van der Waals surface area contributed by atoms with Crippen LogP contribution in [-0.2, 0) is 6.54 Å². The Kier molecular flexibility index (Phi) is 3.38. The Morgan fingerprint density at radius 3 is 2.82 bits per heavy atom. The number of aromatic amines is 1. The summed E-state index contributed by atoms with van der Waals surface area (Å²) in [5.41, 5.74) is 7.07. The maximum absolute atomic E-state index is 5.86. The summed E-state index contributed by atoms with van der Waals surface area (Å²) in [5.74, 6) is 2.24. The molecule has 1 aromatic heterocycles. The third kappa shape index (κ3) is 2.79. The van der Waals surface area contributed by atoms with Gasteiger partial charge in [0.2, 0.25) is 0 Å². The molecular formula is C12H15BrN4. The zero-order valence-electron chi connectivity index (χ0n) is 9.87. The molecule has 0 spiro atoms. The van der Waals surface area contributed by atoms with E-state index in [-0.39, 0.29) is 0 Å². The maximum Gasteiger partial charge on any atom is 0.171 e. The first-order valence-corrected chi connectivity index (χ1v) is 6.13. The summed E-state index contributed by atoms with van der Waals surface area (Å²) in [6.45, 7) is 2.67. The average Bonchev–Trinajstić information content (AvgIpc) is 2.58. The summed E-state index contributed by atoms with van der Waals surface area (Å²) >= 11 is 3.46. The highest BCUT2D eigenvalue weighted by atomic mass is 79.9. The Bertz CT molecular complexity index is 521. The molecule has 2 aromatic rings. The quantitative estimate of drug-likeness (QED) is 0.915. The van der Waals surface area contributed by atoms with Crippen molar-refractivity contribution in [1.82, 2.24) is 9.97 Å². The Balaban J connectivity index is 2.16. The number of benzene rings is 1. The number of aromatic nitrogens is 2. The molecule has 3 N–H and O–H groups in total. The third-order valence-electron chi connectivity index (χ3n) is 2.50. The Morgan fingerprint density at radius 2 is 2.24 bits per heavy atom. The van der Waals surface area contributed by atoms with Crippen LogP contribution in [0.15, 0.2) is 28.7 Å². The maximum atomic E-state index is 5.86. The lowest BCUT2D eigenvalue weighted by Crippen LogP contribution is -2.18. The van der Waals surface area contributed by atoms with Crippen molar-refractivity contribution in [2.75, 3.05) is 17.7 Å². The number of H-pyrrole nitrogens is 1. The largest absolute Gasteiger partial charge is 0.382 e. The molecule has 0 fully saturated rings. The number of aryl methyl sites for hydroxylation is 1. The van der Waals surface area contributed by atoms with E-state index in [2.05, 4.69) is 38.0 Å². The van der Waals surface area contributed by atoms with Crippen molar-refractivity contribution >= 4 is 27.6 Å². The van der Waals surface area contributed by atoms with Crippen molar-refractivity contribution < 1.29 is 0 Å². The molecule has 0 radical (unpaired) electrons. The molecule has 0 aliphatic heterocycles. The predicted molar refractivity (Wildman–Crippen MR) is 74.0 cm³/mol. The van der Waals surface area contributed by atoms with E-state index in [1.807, 2.05) is 31.0 Å². The van der Waals surface area contributed by atoms with Crippen molar-refractivity contribution in [3.8, 4) is 0 Å². The molecule has 0 aliphatic rings. The third-order valence-corrected chi connectivity index (χ3v) is 2.99. The van der Waals surface area contributed by atoms with Crippen LogP contribution < -0.4 is 10.6 Å². The monoisotopic (exact) mass is 294 g/mol. The standard InChI is InChI=1S/C12H15BrN4/c1-8-15-11(14)12(16-8)17(2)7-9-4-3-5-10(13)6-9/h3-6H,7,14H2,1-2H3,(H,15,16). The van der Waals surface area contributed by atoms with Gasteiger partial charge in [-0.2, -0.15) is 0 Å². The summed E-state index contributed by atoms with van der Waals surface area (Å²) in [7, 11) is 1.98. The van der Waals surface area contributed by atoms with Crippen LogP contribution in [0.2, 0.25) is 0 Å². The van der Waals surface area contributed by atoms with Gasteiger partial charge in [-0.05, 0) is 24.6 Å². The van der Waals surface area contributed by atoms with E-state index in [1.165, 1.54) is 5.56 Å². The highest BCUT2D eigenvalue weighted by Crippen LogP contribution is 2.21. The molecule has 0 saturated carbocycles. The molecule has 17 heavy (non-hydrogen) atoms. The second kappa shape index (κ2) is 4.79. The molecule has 5 heteroatoms. The van der Waals surface area contributed by atoms with Crippen LogP contribution in [0.1, 0.15) is 11.4 Å². The Labute approximate surface area is 109 Å². The topological polar surface area (TPSA) is 57.9 Å². The fraction of sp³-hybridized carbons (Fsp3) is 0.250. The van der Waals surface area contributed by atoms with Crippen molar-refractivity contribution in [3.63, 3.8) is 0 Å². The van der Waals surface area contributed by atoms with E-state index >= 15 is 0 Å². The normalized spacial score (nSPS) is 10.5. The van der Waals surface area contributed by atoms with Crippen LogP contribution in [0, 0.1) is 6.92 Å². The van der Waals surface area contributed by atoms with Gasteiger partial charge in [-0.3, -0.25) is 0 Å². The highest BCUT2D eigenvalue weighted by molar-refractivity contribution is 9.10. The van der Waals surface area contributed by atoms with Crippen LogP contribution in [0.3, 0.4) is 0 Å². The lowest BCUT2D eigenvalue weighted by Gasteiger charge is -2.17. The van der Waals surface area contributed by atoms with Gasteiger partial charge in [-0.25, -0.2) is 4.98 Å². The zero-order valence-corrected chi connectivity index (χ0v) is 11.5. The first-order chi connectivity index (χ1) is 8.06.